The van der Waals surface area contributed by atoms with Crippen LogP contribution < -0.4 is 20.1 Å². The lowest BCUT2D eigenvalue weighted by Crippen LogP contribution is -2.04. The number of nitrogens with one attached hydrogen (secondary N) is 2. The van der Waals surface area contributed by atoms with Crippen molar-refractivity contribution >= 4 is 17.3 Å². The van der Waals surface area contributed by atoms with Crippen molar-refractivity contribution in [3.8, 4) is 11.5 Å². The standard InChI is InChI=1S/C21H24N4O2/c1-14-5-6-15(2)17(9-14)25-21-11-20(23-13-24-21)22-12-16-7-8-18(26-3)19(10-16)27-4/h5-11,13H,12H2,1-4H3,(H2,22,23,24,25). The molecular formula is C21H24N4O2. The fraction of sp³-hybridized carbons (Fsp3) is 0.238. The normalized spacial score (nSPS) is 10.4. The predicted octanol–water partition coefficient (Wildman–Crippen LogP) is 4.47. The summed E-state index contributed by atoms with van der Waals surface area (Å²) in [5.74, 6) is 2.90. The first kappa shape index (κ1) is 18.5. The quantitative estimate of drug-likeness (QED) is 0.645. The van der Waals surface area contributed by atoms with Crippen LogP contribution in [0, 0.1) is 13.8 Å². The SMILES string of the molecule is COc1ccc(CNc2cc(Nc3cc(C)ccc3C)ncn2)cc1OC. The van der Waals surface area contributed by atoms with Crippen LogP contribution in [0.15, 0.2) is 48.8 Å². The third-order valence-corrected chi connectivity index (χ3v) is 4.24. The number of aryl methyl sites for hydroxylation is 2. The molecule has 0 bridgehead atoms. The summed E-state index contributed by atoms with van der Waals surface area (Å²) in [6.07, 6.45) is 1.55. The lowest BCUT2D eigenvalue weighted by Gasteiger charge is -2.12. The summed E-state index contributed by atoms with van der Waals surface area (Å²) < 4.78 is 10.6. The van der Waals surface area contributed by atoms with Crippen LogP contribution in [0.1, 0.15) is 16.7 Å². The van der Waals surface area contributed by atoms with Crippen molar-refractivity contribution < 1.29 is 9.47 Å². The van der Waals surface area contributed by atoms with Crippen LogP contribution >= 0.6 is 0 Å². The first-order valence-electron chi connectivity index (χ1n) is 8.70. The van der Waals surface area contributed by atoms with Crippen LogP contribution in [0.25, 0.3) is 0 Å². The monoisotopic (exact) mass is 364 g/mol. The van der Waals surface area contributed by atoms with Gasteiger partial charge in [-0.05, 0) is 48.7 Å². The molecule has 3 aromatic rings. The molecule has 3 rings (SSSR count). The van der Waals surface area contributed by atoms with Crippen molar-refractivity contribution in [2.75, 3.05) is 24.9 Å². The van der Waals surface area contributed by atoms with Crippen molar-refractivity contribution in [3.63, 3.8) is 0 Å². The smallest absolute Gasteiger partial charge is 0.161 e. The van der Waals surface area contributed by atoms with Gasteiger partial charge in [0.25, 0.3) is 0 Å². The second kappa shape index (κ2) is 8.40. The Balaban J connectivity index is 1.70. The summed E-state index contributed by atoms with van der Waals surface area (Å²) >= 11 is 0. The Kier molecular flexibility index (Phi) is 5.76. The van der Waals surface area contributed by atoms with Gasteiger partial charge in [0, 0.05) is 18.3 Å². The molecule has 0 fully saturated rings. The van der Waals surface area contributed by atoms with E-state index >= 15 is 0 Å². The van der Waals surface area contributed by atoms with E-state index in [4.69, 9.17) is 9.47 Å². The molecule has 0 aliphatic rings. The molecule has 27 heavy (non-hydrogen) atoms. The van der Waals surface area contributed by atoms with E-state index in [1.54, 1.807) is 20.5 Å². The molecule has 1 aromatic heterocycles. The fourth-order valence-electron chi connectivity index (χ4n) is 2.71. The Hall–Kier alpha value is -3.28. The lowest BCUT2D eigenvalue weighted by atomic mass is 10.1. The van der Waals surface area contributed by atoms with Gasteiger partial charge in [0.05, 0.1) is 14.2 Å². The van der Waals surface area contributed by atoms with Gasteiger partial charge in [-0.2, -0.15) is 0 Å². The van der Waals surface area contributed by atoms with Crippen LogP contribution in [-0.2, 0) is 6.54 Å². The summed E-state index contributed by atoms with van der Waals surface area (Å²) in [6, 6.07) is 14.0. The van der Waals surface area contributed by atoms with Gasteiger partial charge < -0.3 is 20.1 Å². The van der Waals surface area contributed by atoms with E-state index in [1.165, 1.54) is 11.1 Å². The molecule has 0 aliphatic carbocycles. The highest BCUT2D eigenvalue weighted by Gasteiger charge is 2.06. The Morgan fingerprint density at radius 1 is 0.852 bits per heavy atom. The zero-order chi connectivity index (χ0) is 19.2. The zero-order valence-electron chi connectivity index (χ0n) is 16.0. The van der Waals surface area contributed by atoms with E-state index < -0.39 is 0 Å². The van der Waals surface area contributed by atoms with Crippen LogP contribution in [0.3, 0.4) is 0 Å². The number of anilines is 3. The molecule has 0 radical (unpaired) electrons. The molecule has 6 heteroatoms. The fourth-order valence-corrected chi connectivity index (χ4v) is 2.71. The Morgan fingerprint density at radius 3 is 2.41 bits per heavy atom. The molecular weight excluding hydrogens is 340 g/mol. The molecule has 2 N–H and O–H groups in total. The van der Waals surface area contributed by atoms with Crippen molar-refractivity contribution in [2.24, 2.45) is 0 Å². The van der Waals surface area contributed by atoms with E-state index in [9.17, 15) is 0 Å². The van der Waals surface area contributed by atoms with Gasteiger partial charge in [-0.15, -0.1) is 0 Å². The second-order valence-corrected chi connectivity index (χ2v) is 6.27. The van der Waals surface area contributed by atoms with Gasteiger partial charge in [0.15, 0.2) is 11.5 Å². The van der Waals surface area contributed by atoms with Crippen LogP contribution in [0.5, 0.6) is 11.5 Å². The minimum Gasteiger partial charge on any atom is -0.493 e. The van der Waals surface area contributed by atoms with Crippen molar-refractivity contribution in [1.29, 1.82) is 0 Å². The van der Waals surface area contributed by atoms with E-state index in [2.05, 4.69) is 52.6 Å². The Labute approximate surface area is 159 Å². The summed E-state index contributed by atoms with van der Waals surface area (Å²) in [4.78, 5) is 8.61. The molecule has 0 atom stereocenters. The van der Waals surface area contributed by atoms with Gasteiger partial charge in [-0.25, -0.2) is 9.97 Å². The summed E-state index contributed by atoms with van der Waals surface area (Å²) in [5, 5.41) is 6.67. The molecule has 0 spiro atoms. The zero-order valence-corrected chi connectivity index (χ0v) is 16.0. The summed E-state index contributed by atoms with van der Waals surface area (Å²) in [7, 11) is 3.26. The van der Waals surface area contributed by atoms with Crippen molar-refractivity contribution in [3.05, 3.63) is 65.5 Å². The predicted molar refractivity (Wildman–Crippen MR) is 108 cm³/mol. The average molecular weight is 364 g/mol. The highest BCUT2D eigenvalue weighted by molar-refractivity contribution is 5.63. The molecule has 0 unspecified atom stereocenters. The van der Waals surface area contributed by atoms with Gasteiger partial charge in [-0.3, -0.25) is 0 Å². The van der Waals surface area contributed by atoms with Crippen LogP contribution in [0.4, 0.5) is 17.3 Å². The minimum absolute atomic E-state index is 0.611. The van der Waals surface area contributed by atoms with E-state index in [1.807, 2.05) is 24.3 Å². The summed E-state index contributed by atoms with van der Waals surface area (Å²) in [6.45, 7) is 4.75. The number of hydrogen-bond donors (Lipinski definition) is 2. The maximum absolute atomic E-state index is 5.35. The number of rotatable bonds is 7. The molecule has 140 valence electrons. The number of aromatic nitrogens is 2. The van der Waals surface area contributed by atoms with Crippen molar-refractivity contribution in [2.45, 2.75) is 20.4 Å². The third kappa shape index (κ3) is 4.67. The van der Waals surface area contributed by atoms with Gasteiger partial charge in [0.2, 0.25) is 0 Å². The number of nitrogens with zero attached hydrogens (tertiary/aromatic N) is 2. The van der Waals surface area contributed by atoms with Gasteiger partial charge in [-0.1, -0.05) is 18.2 Å². The highest BCUT2D eigenvalue weighted by Crippen LogP contribution is 2.28. The topological polar surface area (TPSA) is 68.3 Å². The number of benzene rings is 2. The molecule has 2 aromatic carbocycles. The molecule has 0 amide bonds. The molecule has 6 nitrogen and oxygen atoms in total. The maximum Gasteiger partial charge on any atom is 0.161 e. The van der Waals surface area contributed by atoms with Gasteiger partial charge >= 0.3 is 0 Å². The molecule has 0 aliphatic heterocycles. The largest absolute Gasteiger partial charge is 0.493 e. The van der Waals surface area contributed by atoms with E-state index in [0.717, 1.165) is 22.9 Å². The van der Waals surface area contributed by atoms with Gasteiger partial charge in [0.1, 0.15) is 18.0 Å². The first-order valence-corrected chi connectivity index (χ1v) is 8.70. The number of hydrogen-bond acceptors (Lipinski definition) is 6. The Morgan fingerprint density at radius 2 is 1.63 bits per heavy atom. The lowest BCUT2D eigenvalue weighted by molar-refractivity contribution is 0.354. The number of methoxy groups -OCH3 is 2. The summed E-state index contributed by atoms with van der Waals surface area (Å²) in [5.41, 5.74) is 4.47. The van der Waals surface area contributed by atoms with Crippen LogP contribution in [-0.4, -0.2) is 24.2 Å². The van der Waals surface area contributed by atoms with E-state index in [-0.39, 0.29) is 0 Å². The minimum atomic E-state index is 0.611. The second-order valence-electron chi connectivity index (χ2n) is 6.27. The molecule has 0 saturated carbocycles. The number of ether oxygens (including phenoxy) is 2. The highest BCUT2D eigenvalue weighted by atomic mass is 16.5. The average Bonchev–Trinajstić information content (AvgIpc) is 2.69. The maximum atomic E-state index is 5.35. The third-order valence-electron chi connectivity index (χ3n) is 4.24. The van der Waals surface area contributed by atoms with E-state index in [0.29, 0.717) is 18.0 Å². The van der Waals surface area contributed by atoms with Crippen LogP contribution in [0.2, 0.25) is 0 Å². The molecule has 1 heterocycles. The molecule has 0 saturated heterocycles. The van der Waals surface area contributed by atoms with Crippen molar-refractivity contribution in [1.82, 2.24) is 9.97 Å². The first-order chi connectivity index (χ1) is 13.1. The Bertz CT molecular complexity index is 928.